The standard InChI is InChI=1S/C13H15N5O3/c1-14-11-3-2-10(8-12(11)18(20)21)13(19)16-5-7-17-6-4-15-9-17/h2-4,6,8-9,14H,5,7H2,1H3,(H,16,19). The maximum atomic E-state index is 12.0. The summed E-state index contributed by atoms with van der Waals surface area (Å²) in [5, 5.41) is 16.4. The Kier molecular flexibility index (Phi) is 4.50. The number of nitro benzene ring substituents is 1. The summed E-state index contributed by atoms with van der Waals surface area (Å²) < 4.78 is 1.83. The molecule has 1 aromatic heterocycles. The van der Waals surface area contributed by atoms with Gasteiger partial charge in [0.2, 0.25) is 0 Å². The van der Waals surface area contributed by atoms with Crippen molar-refractivity contribution in [1.82, 2.24) is 14.9 Å². The van der Waals surface area contributed by atoms with Crippen LogP contribution in [0.5, 0.6) is 0 Å². The SMILES string of the molecule is CNc1ccc(C(=O)NCCn2ccnc2)cc1[N+](=O)[O-]. The monoisotopic (exact) mass is 289 g/mol. The van der Waals surface area contributed by atoms with Crippen LogP contribution in [0.25, 0.3) is 0 Å². The summed E-state index contributed by atoms with van der Waals surface area (Å²) in [4.78, 5) is 26.3. The molecule has 0 radical (unpaired) electrons. The molecule has 0 aliphatic heterocycles. The number of rotatable bonds is 6. The maximum Gasteiger partial charge on any atom is 0.293 e. The van der Waals surface area contributed by atoms with E-state index in [1.807, 2.05) is 4.57 Å². The largest absolute Gasteiger partial charge is 0.383 e. The highest BCUT2D eigenvalue weighted by atomic mass is 16.6. The van der Waals surface area contributed by atoms with Crippen LogP contribution in [0.15, 0.2) is 36.9 Å². The third-order valence-electron chi connectivity index (χ3n) is 2.94. The smallest absolute Gasteiger partial charge is 0.293 e. The number of carbonyl (C=O) groups is 1. The number of imidazole rings is 1. The van der Waals surface area contributed by atoms with E-state index in [1.54, 1.807) is 31.8 Å². The van der Waals surface area contributed by atoms with E-state index in [9.17, 15) is 14.9 Å². The van der Waals surface area contributed by atoms with Gasteiger partial charge in [0.05, 0.1) is 11.3 Å². The molecule has 21 heavy (non-hydrogen) atoms. The van der Waals surface area contributed by atoms with E-state index in [4.69, 9.17) is 0 Å². The number of aromatic nitrogens is 2. The lowest BCUT2D eigenvalue weighted by Gasteiger charge is -2.07. The van der Waals surface area contributed by atoms with Gasteiger partial charge in [-0.15, -0.1) is 0 Å². The van der Waals surface area contributed by atoms with Crippen molar-refractivity contribution in [1.29, 1.82) is 0 Å². The Bertz CT molecular complexity index is 639. The molecular formula is C13H15N5O3. The Balaban J connectivity index is 2.01. The Morgan fingerprint density at radius 3 is 2.90 bits per heavy atom. The highest BCUT2D eigenvalue weighted by molar-refractivity contribution is 5.95. The Hall–Kier alpha value is -2.90. The minimum absolute atomic E-state index is 0.125. The van der Waals surface area contributed by atoms with E-state index in [-0.39, 0.29) is 17.2 Å². The lowest BCUT2D eigenvalue weighted by molar-refractivity contribution is -0.384. The van der Waals surface area contributed by atoms with Gasteiger partial charge in [-0.1, -0.05) is 0 Å². The molecule has 0 aliphatic carbocycles. The highest BCUT2D eigenvalue weighted by Gasteiger charge is 2.16. The predicted molar refractivity (Wildman–Crippen MR) is 77.2 cm³/mol. The number of nitrogens with one attached hydrogen (secondary N) is 2. The molecule has 0 atom stereocenters. The summed E-state index contributed by atoms with van der Waals surface area (Å²) in [5.41, 5.74) is 0.501. The number of nitro groups is 1. The van der Waals surface area contributed by atoms with Gasteiger partial charge >= 0.3 is 0 Å². The molecule has 0 saturated heterocycles. The van der Waals surface area contributed by atoms with Crippen LogP contribution in [0.2, 0.25) is 0 Å². The lowest BCUT2D eigenvalue weighted by atomic mass is 10.1. The quantitative estimate of drug-likeness (QED) is 0.615. The van der Waals surface area contributed by atoms with Crippen molar-refractivity contribution in [2.45, 2.75) is 6.54 Å². The molecule has 0 bridgehead atoms. The summed E-state index contributed by atoms with van der Waals surface area (Å²) in [7, 11) is 1.59. The lowest BCUT2D eigenvalue weighted by Crippen LogP contribution is -2.27. The molecule has 8 nitrogen and oxygen atoms in total. The first-order valence-corrected chi connectivity index (χ1v) is 6.32. The van der Waals surface area contributed by atoms with Crippen LogP contribution < -0.4 is 10.6 Å². The third kappa shape index (κ3) is 3.56. The zero-order chi connectivity index (χ0) is 15.2. The molecule has 0 spiro atoms. The van der Waals surface area contributed by atoms with Gasteiger partial charge in [-0.3, -0.25) is 14.9 Å². The van der Waals surface area contributed by atoms with Gasteiger partial charge in [-0.25, -0.2) is 4.98 Å². The Morgan fingerprint density at radius 1 is 1.48 bits per heavy atom. The molecule has 2 N–H and O–H groups in total. The molecular weight excluding hydrogens is 274 g/mol. The van der Waals surface area contributed by atoms with Gasteiger partial charge < -0.3 is 15.2 Å². The summed E-state index contributed by atoms with van der Waals surface area (Å²) >= 11 is 0. The molecule has 0 unspecified atom stereocenters. The molecule has 0 saturated carbocycles. The van der Waals surface area contributed by atoms with Crippen molar-refractivity contribution in [2.24, 2.45) is 0 Å². The molecule has 0 fully saturated rings. The van der Waals surface area contributed by atoms with Crippen LogP contribution in [0, 0.1) is 10.1 Å². The normalized spacial score (nSPS) is 10.1. The minimum atomic E-state index is -0.520. The van der Waals surface area contributed by atoms with E-state index >= 15 is 0 Å². The van der Waals surface area contributed by atoms with Crippen LogP contribution in [-0.4, -0.2) is 34.0 Å². The van der Waals surface area contributed by atoms with Crippen molar-refractivity contribution in [3.05, 3.63) is 52.6 Å². The zero-order valence-corrected chi connectivity index (χ0v) is 11.4. The fourth-order valence-electron chi connectivity index (χ4n) is 1.85. The molecule has 2 aromatic rings. The van der Waals surface area contributed by atoms with Crippen molar-refractivity contribution < 1.29 is 9.72 Å². The number of benzene rings is 1. The molecule has 8 heteroatoms. The summed E-state index contributed by atoms with van der Waals surface area (Å²) in [6.45, 7) is 0.999. The molecule has 110 valence electrons. The topological polar surface area (TPSA) is 102 Å². The minimum Gasteiger partial charge on any atom is -0.383 e. The summed E-state index contributed by atoms with van der Waals surface area (Å²) in [6.07, 6.45) is 5.10. The second kappa shape index (κ2) is 6.51. The van der Waals surface area contributed by atoms with Gasteiger partial charge in [0.1, 0.15) is 5.69 Å². The number of carbonyl (C=O) groups excluding carboxylic acids is 1. The van der Waals surface area contributed by atoms with Gasteiger partial charge in [0, 0.05) is 44.2 Å². The number of hydrogen-bond acceptors (Lipinski definition) is 5. The molecule has 0 aliphatic rings. The maximum absolute atomic E-state index is 12.0. The first kappa shape index (κ1) is 14.5. The van der Waals surface area contributed by atoms with Crippen LogP contribution in [0.4, 0.5) is 11.4 Å². The molecule has 1 heterocycles. The molecule has 2 rings (SSSR count). The van der Waals surface area contributed by atoms with Gasteiger partial charge in [0.15, 0.2) is 0 Å². The van der Waals surface area contributed by atoms with Crippen LogP contribution in [0.1, 0.15) is 10.4 Å². The predicted octanol–water partition coefficient (Wildman–Crippen LogP) is 1.26. The number of amides is 1. The van der Waals surface area contributed by atoms with Crippen LogP contribution in [-0.2, 0) is 6.54 Å². The van der Waals surface area contributed by atoms with E-state index in [0.717, 1.165) is 0 Å². The second-order valence-corrected chi connectivity index (χ2v) is 4.30. The average molecular weight is 289 g/mol. The number of nitrogens with zero attached hydrogens (tertiary/aromatic N) is 3. The van der Waals surface area contributed by atoms with Crippen LogP contribution >= 0.6 is 0 Å². The van der Waals surface area contributed by atoms with Gasteiger partial charge in [-0.2, -0.15) is 0 Å². The first-order chi connectivity index (χ1) is 10.1. The van der Waals surface area contributed by atoms with Crippen molar-refractivity contribution >= 4 is 17.3 Å². The third-order valence-corrected chi connectivity index (χ3v) is 2.94. The molecule has 1 aromatic carbocycles. The highest BCUT2D eigenvalue weighted by Crippen LogP contribution is 2.24. The van der Waals surface area contributed by atoms with Gasteiger partial charge in [0.25, 0.3) is 11.6 Å². The van der Waals surface area contributed by atoms with Crippen LogP contribution in [0.3, 0.4) is 0 Å². The fourth-order valence-corrected chi connectivity index (χ4v) is 1.85. The average Bonchev–Trinajstić information content (AvgIpc) is 2.99. The first-order valence-electron chi connectivity index (χ1n) is 6.32. The summed E-state index contributed by atoms with van der Waals surface area (Å²) in [5.74, 6) is -0.346. The van der Waals surface area contributed by atoms with Crippen molar-refractivity contribution in [3.63, 3.8) is 0 Å². The second-order valence-electron chi connectivity index (χ2n) is 4.30. The number of anilines is 1. The molecule has 1 amide bonds. The van der Waals surface area contributed by atoms with Gasteiger partial charge in [-0.05, 0) is 12.1 Å². The van der Waals surface area contributed by atoms with E-state index in [1.165, 1.54) is 12.1 Å². The zero-order valence-electron chi connectivity index (χ0n) is 11.4. The van der Waals surface area contributed by atoms with E-state index < -0.39 is 4.92 Å². The van der Waals surface area contributed by atoms with Crippen molar-refractivity contribution in [2.75, 3.05) is 18.9 Å². The van der Waals surface area contributed by atoms with E-state index in [2.05, 4.69) is 15.6 Å². The Morgan fingerprint density at radius 2 is 2.29 bits per heavy atom. The Labute approximate surface area is 121 Å². The number of hydrogen-bond donors (Lipinski definition) is 2. The summed E-state index contributed by atoms with van der Waals surface area (Å²) in [6, 6.07) is 4.33. The fraction of sp³-hybridized carbons (Fsp3) is 0.231. The van der Waals surface area contributed by atoms with Crippen molar-refractivity contribution in [3.8, 4) is 0 Å². The van der Waals surface area contributed by atoms with E-state index in [0.29, 0.717) is 18.8 Å².